The van der Waals surface area contributed by atoms with Crippen molar-refractivity contribution >= 4 is 23.6 Å². The SMILES string of the molecule is COc1ccc(NC(=O)NC(=O)COCC(=O)O)c(C)c1. The van der Waals surface area contributed by atoms with Gasteiger partial charge in [-0.2, -0.15) is 0 Å². The molecule has 0 bridgehead atoms. The summed E-state index contributed by atoms with van der Waals surface area (Å²) in [6.07, 6.45) is 0. The highest BCUT2D eigenvalue weighted by Crippen LogP contribution is 2.20. The molecule has 114 valence electrons. The zero-order chi connectivity index (χ0) is 15.8. The number of anilines is 1. The summed E-state index contributed by atoms with van der Waals surface area (Å²) in [4.78, 5) is 33.1. The summed E-state index contributed by atoms with van der Waals surface area (Å²) in [5.41, 5.74) is 1.28. The Hall–Kier alpha value is -2.61. The molecule has 8 heteroatoms. The largest absolute Gasteiger partial charge is 0.497 e. The fourth-order valence-electron chi connectivity index (χ4n) is 1.45. The van der Waals surface area contributed by atoms with Gasteiger partial charge in [-0.05, 0) is 30.7 Å². The zero-order valence-electron chi connectivity index (χ0n) is 11.6. The lowest BCUT2D eigenvalue weighted by atomic mass is 10.2. The second-order valence-corrected chi connectivity index (χ2v) is 4.07. The average Bonchev–Trinajstić information content (AvgIpc) is 2.40. The molecule has 0 unspecified atom stereocenters. The van der Waals surface area contributed by atoms with Gasteiger partial charge in [-0.15, -0.1) is 0 Å². The van der Waals surface area contributed by atoms with Crippen molar-refractivity contribution in [1.29, 1.82) is 0 Å². The lowest BCUT2D eigenvalue weighted by Gasteiger charge is -2.10. The third kappa shape index (κ3) is 5.91. The highest BCUT2D eigenvalue weighted by atomic mass is 16.5. The standard InChI is InChI=1S/C13H16N2O6/c1-8-5-9(20-2)3-4-10(8)14-13(19)15-11(16)6-21-7-12(17)18/h3-5H,6-7H2,1-2H3,(H,17,18)(H2,14,15,16,19). The average molecular weight is 296 g/mol. The second kappa shape index (κ2) is 7.85. The van der Waals surface area contributed by atoms with Gasteiger partial charge in [0, 0.05) is 5.69 Å². The highest BCUT2D eigenvalue weighted by molar-refractivity contribution is 6.01. The number of ether oxygens (including phenoxy) is 2. The number of nitrogens with one attached hydrogen (secondary N) is 2. The summed E-state index contributed by atoms with van der Waals surface area (Å²) in [6.45, 7) is 0.657. The molecule has 0 spiro atoms. The van der Waals surface area contributed by atoms with E-state index >= 15 is 0 Å². The van der Waals surface area contributed by atoms with Gasteiger partial charge < -0.3 is 19.9 Å². The van der Waals surface area contributed by atoms with Gasteiger partial charge in [0.05, 0.1) is 7.11 Å². The molecule has 0 fully saturated rings. The van der Waals surface area contributed by atoms with Crippen LogP contribution in [0, 0.1) is 6.92 Å². The van der Waals surface area contributed by atoms with Crippen molar-refractivity contribution < 1.29 is 29.0 Å². The van der Waals surface area contributed by atoms with E-state index in [1.165, 1.54) is 7.11 Å². The number of hydrogen-bond acceptors (Lipinski definition) is 5. The topological polar surface area (TPSA) is 114 Å². The van der Waals surface area contributed by atoms with Crippen LogP contribution in [0.3, 0.4) is 0 Å². The number of imide groups is 1. The Kier molecular flexibility index (Phi) is 6.15. The van der Waals surface area contributed by atoms with E-state index < -0.39 is 31.1 Å². The van der Waals surface area contributed by atoms with Crippen molar-refractivity contribution in [2.24, 2.45) is 0 Å². The smallest absolute Gasteiger partial charge is 0.329 e. The molecule has 1 rings (SSSR count). The van der Waals surface area contributed by atoms with Gasteiger partial charge in [0.2, 0.25) is 0 Å². The van der Waals surface area contributed by atoms with Gasteiger partial charge in [0.25, 0.3) is 5.91 Å². The normalized spacial score (nSPS) is 9.81. The summed E-state index contributed by atoms with van der Waals surface area (Å²) in [7, 11) is 1.53. The molecule has 0 aliphatic heterocycles. The monoisotopic (exact) mass is 296 g/mol. The summed E-state index contributed by atoms with van der Waals surface area (Å²) in [6, 6.07) is 4.31. The molecule has 3 amide bonds. The Morgan fingerprint density at radius 2 is 1.95 bits per heavy atom. The number of carboxylic acid groups (broad SMARTS) is 1. The van der Waals surface area contributed by atoms with Crippen molar-refractivity contribution in [3.63, 3.8) is 0 Å². The number of urea groups is 1. The third-order valence-corrected chi connectivity index (χ3v) is 2.39. The molecule has 0 aliphatic rings. The first kappa shape index (κ1) is 16.4. The van der Waals surface area contributed by atoms with Crippen molar-refractivity contribution in [2.75, 3.05) is 25.6 Å². The molecule has 0 aromatic heterocycles. The van der Waals surface area contributed by atoms with Crippen LogP contribution in [0.25, 0.3) is 0 Å². The van der Waals surface area contributed by atoms with E-state index in [0.29, 0.717) is 11.4 Å². The summed E-state index contributed by atoms with van der Waals surface area (Å²) in [5, 5.41) is 12.8. The zero-order valence-corrected chi connectivity index (χ0v) is 11.6. The molecule has 0 atom stereocenters. The van der Waals surface area contributed by atoms with Crippen LogP contribution in [0.15, 0.2) is 18.2 Å². The molecule has 0 radical (unpaired) electrons. The van der Waals surface area contributed by atoms with Crippen LogP contribution in [-0.4, -0.2) is 43.3 Å². The predicted octanol–water partition coefficient (Wildman–Crippen LogP) is 0.753. The minimum absolute atomic E-state index is 0.513. The van der Waals surface area contributed by atoms with Crippen molar-refractivity contribution in [1.82, 2.24) is 5.32 Å². The van der Waals surface area contributed by atoms with Crippen molar-refractivity contribution in [3.05, 3.63) is 23.8 Å². The summed E-state index contributed by atoms with van der Waals surface area (Å²) < 4.78 is 9.59. The maximum Gasteiger partial charge on any atom is 0.329 e. The summed E-state index contributed by atoms with van der Waals surface area (Å²) >= 11 is 0. The highest BCUT2D eigenvalue weighted by Gasteiger charge is 2.10. The lowest BCUT2D eigenvalue weighted by Crippen LogP contribution is -2.37. The molecule has 0 saturated carbocycles. The molecule has 21 heavy (non-hydrogen) atoms. The van der Waals surface area contributed by atoms with Gasteiger partial charge in [-0.25, -0.2) is 9.59 Å². The Morgan fingerprint density at radius 1 is 1.24 bits per heavy atom. The molecular weight excluding hydrogens is 280 g/mol. The van der Waals surface area contributed by atoms with Gasteiger partial charge in [0.1, 0.15) is 19.0 Å². The van der Waals surface area contributed by atoms with Crippen molar-refractivity contribution in [2.45, 2.75) is 6.92 Å². The number of amides is 3. The van der Waals surface area contributed by atoms with Crippen LogP contribution < -0.4 is 15.4 Å². The predicted molar refractivity (Wildman–Crippen MR) is 73.3 cm³/mol. The van der Waals surface area contributed by atoms with E-state index in [2.05, 4.69) is 10.1 Å². The molecule has 1 aromatic carbocycles. The number of rotatable bonds is 6. The molecular formula is C13H16N2O6. The maximum atomic E-state index is 11.6. The maximum absolute atomic E-state index is 11.6. The van der Waals surface area contributed by atoms with Gasteiger partial charge in [0.15, 0.2) is 0 Å². The molecule has 3 N–H and O–H groups in total. The van der Waals surface area contributed by atoms with Crippen LogP contribution >= 0.6 is 0 Å². The van der Waals surface area contributed by atoms with Crippen LogP contribution in [0.5, 0.6) is 5.75 Å². The molecule has 0 heterocycles. The Balaban J connectivity index is 2.46. The van der Waals surface area contributed by atoms with E-state index in [1.807, 2.05) is 5.32 Å². The van der Waals surface area contributed by atoms with Gasteiger partial charge >= 0.3 is 12.0 Å². The molecule has 0 saturated heterocycles. The number of benzene rings is 1. The third-order valence-electron chi connectivity index (χ3n) is 2.39. The Morgan fingerprint density at radius 3 is 2.52 bits per heavy atom. The van der Waals surface area contributed by atoms with Crippen molar-refractivity contribution in [3.8, 4) is 5.75 Å². The Bertz CT molecular complexity index is 543. The van der Waals surface area contributed by atoms with E-state index in [0.717, 1.165) is 5.56 Å². The fraction of sp³-hybridized carbons (Fsp3) is 0.308. The number of carbonyl (C=O) groups is 3. The number of aryl methyl sites for hydroxylation is 1. The van der Waals surface area contributed by atoms with E-state index in [-0.39, 0.29) is 0 Å². The summed E-state index contributed by atoms with van der Waals surface area (Å²) in [5.74, 6) is -1.28. The molecule has 1 aromatic rings. The number of aliphatic carboxylic acids is 1. The van der Waals surface area contributed by atoms with E-state index in [9.17, 15) is 14.4 Å². The molecule has 8 nitrogen and oxygen atoms in total. The molecule has 0 aliphatic carbocycles. The lowest BCUT2D eigenvalue weighted by molar-refractivity contribution is -0.143. The quantitative estimate of drug-likeness (QED) is 0.714. The minimum Gasteiger partial charge on any atom is -0.497 e. The number of carbonyl (C=O) groups excluding carboxylic acids is 2. The second-order valence-electron chi connectivity index (χ2n) is 4.07. The van der Waals surface area contributed by atoms with Crippen LogP contribution in [0.1, 0.15) is 5.56 Å². The van der Waals surface area contributed by atoms with Gasteiger partial charge in [-0.3, -0.25) is 10.1 Å². The van der Waals surface area contributed by atoms with Crippen LogP contribution in [0.2, 0.25) is 0 Å². The fourth-order valence-corrected chi connectivity index (χ4v) is 1.45. The van der Waals surface area contributed by atoms with E-state index in [4.69, 9.17) is 9.84 Å². The van der Waals surface area contributed by atoms with Crippen LogP contribution in [0.4, 0.5) is 10.5 Å². The first-order valence-corrected chi connectivity index (χ1v) is 5.97. The minimum atomic E-state index is -1.19. The van der Waals surface area contributed by atoms with Crippen LogP contribution in [-0.2, 0) is 14.3 Å². The number of carboxylic acids is 1. The first-order chi connectivity index (χ1) is 9.92. The Labute approximate surface area is 121 Å². The van der Waals surface area contributed by atoms with Gasteiger partial charge in [-0.1, -0.05) is 0 Å². The number of hydrogen-bond donors (Lipinski definition) is 3. The van der Waals surface area contributed by atoms with E-state index in [1.54, 1.807) is 25.1 Å². The number of methoxy groups -OCH3 is 1. The first-order valence-electron chi connectivity index (χ1n) is 5.97.